The van der Waals surface area contributed by atoms with Crippen LogP contribution < -0.4 is 10.5 Å². The summed E-state index contributed by atoms with van der Waals surface area (Å²) in [5.41, 5.74) is 5.70. The molecule has 1 amide bonds. The van der Waals surface area contributed by atoms with Gasteiger partial charge >= 0.3 is 6.36 Å². The Morgan fingerprint density at radius 1 is 1.24 bits per heavy atom. The number of hydrogen-bond acceptors (Lipinski definition) is 3. The summed E-state index contributed by atoms with van der Waals surface area (Å²) in [5.74, 6) is -3.13. The lowest BCUT2D eigenvalue weighted by molar-refractivity contribution is -0.275. The molecule has 5 nitrogen and oxygen atoms in total. The molecule has 0 aliphatic heterocycles. The first-order valence-electron chi connectivity index (χ1n) is 6.70. The highest BCUT2D eigenvalue weighted by molar-refractivity contribution is 9.10. The molecule has 1 aromatic carbocycles. The number of ether oxygens (including phenoxy) is 1. The molecule has 25 heavy (non-hydrogen) atoms. The first kappa shape index (κ1) is 17.2. The summed E-state index contributed by atoms with van der Waals surface area (Å²) in [7, 11) is 0. The van der Waals surface area contributed by atoms with Gasteiger partial charge in [0, 0.05) is 11.8 Å². The molecule has 2 N–H and O–H groups in total. The van der Waals surface area contributed by atoms with Gasteiger partial charge in [0.25, 0.3) is 5.91 Å². The lowest BCUT2D eigenvalue weighted by Gasteiger charge is -2.13. The summed E-state index contributed by atoms with van der Waals surface area (Å²) in [5, 5.41) is 0. The van der Waals surface area contributed by atoms with Gasteiger partial charge in [-0.15, -0.1) is 13.2 Å². The fraction of sp³-hybridized carbons (Fsp3) is 0.0667. The van der Waals surface area contributed by atoms with Gasteiger partial charge in [-0.2, -0.15) is 0 Å². The minimum Gasteiger partial charge on any atom is -0.401 e. The molecule has 10 heteroatoms. The van der Waals surface area contributed by atoms with Crippen molar-refractivity contribution in [2.75, 3.05) is 0 Å². The molecule has 0 spiro atoms. The summed E-state index contributed by atoms with van der Waals surface area (Å²) in [4.78, 5) is 16.0. The van der Waals surface area contributed by atoms with Gasteiger partial charge in [0.15, 0.2) is 11.6 Å². The molecular formula is C15H8BrF4N3O2. The van der Waals surface area contributed by atoms with Crippen LogP contribution in [0.5, 0.6) is 5.75 Å². The number of carbonyl (C=O) groups is 1. The molecule has 2 aromatic heterocycles. The van der Waals surface area contributed by atoms with Crippen LogP contribution in [0.25, 0.3) is 16.9 Å². The van der Waals surface area contributed by atoms with Crippen LogP contribution in [0.3, 0.4) is 0 Å². The molecule has 0 saturated carbocycles. The number of benzene rings is 1. The summed E-state index contributed by atoms with van der Waals surface area (Å²) in [6.07, 6.45) is -3.57. The zero-order valence-electron chi connectivity index (χ0n) is 12.1. The molecular weight excluding hydrogens is 410 g/mol. The van der Waals surface area contributed by atoms with E-state index in [4.69, 9.17) is 5.73 Å². The predicted octanol–water partition coefficient (Wildman–Crippen LogP) is 3.90. The first-order chi connectivity index (χ1) is 11.7. The maximum absolute atomic E-state index is 13.8. The van der Waals surface area contributed by atoms with Crippen LogP contribution in [0.1, 0.15) is 10.5 Å². The number of alkyl halides is 3. The van der Waals surface area contributed by atoms with Crippen molar-refractivity contribution in [1.82, 2.24) is 9.38 Å². The number of rotatable bonds is 3. The largest absolute Gasteiger partial charge is 0.573 e. The van der Waals surface area contributed by atoms with Crippen LogP contribution in [0.4, 0.5) is 17.6 Å². The Hall–Kier alpha value is -2.62. The van der Waals surface area contributed by atoms with Crippen molar-refractivity contribution in [3.8, 4) is 17.0 Å². The Kier molecular flexibility index (Phi) is 4.15. The van der Waals surface area contributed by atoms with Crippen molar-refractivity contribution < 1.29 is 27.1 Å². The average molecular weight is 418 g/mol. The molecule has 0 aliphatic rings. The van der Waals surface area contributed by atoms with Gasteiger partial charge < -0.3 is 10.5 Å². The quantitative estimate of drug-likeness (QED) is 0.657. The number of nitrogens with two attached hydrogens (primary N) is 1. The highest BCUT2D eigenvalue weighted by Gasteiger charge is 2.34. The zero-order valence-corrected chi connectivity index (χ0v) is 13.7. The number of nitrogens with zero attached hydrogens (tertiary/aromatic N) is 2. The Morgan fingerprint density at radius 3 is 2.60 bits per heavy atom. The molecule has 3 rings (SSSR count). The lowest BCUT2D eigenvalue weighted by Crippen LogP contribution is -2.18. The van der Waals surface area contributed by atoms with E-state index in [-0.39, 0.29) is 21.4 Å². The molecule has 3 aromatic rings. The number of primary amides is 1. The number of fused-ring (bicyclic) bond motifs is 1. The van der Waals surface area contributed by atoms with E-state index in [9.17, 15) is 22.4 Å². The zero-order chi connectivity index (χ0) is 18.4. The van der Waals surface area contributed by atoms with Gasteiger partial charge in [-0.1, -0.05) is 6.07 Å². The molecule has 0 atom stereocenters. The molecule has 0 fully saturated rings. The smallest absolute Gasteiger partial charge is 0.401 e. The van der Waals surface area contributed by atoms with Gasteiger partial charge in [-0.05, 0) is 40.2 Å². The van der Waals surface area contributed by atoms with Gasteiger partial charge in [0.2, 0.25) is 0 Å². The molecule has 0 aliphatic carbocycles. The minimum absolute atomic E-state index is 0.00222. The van der Waals surface area contributed by atoms with Crippen LogP contribution in [0.15, 0.2) is 41.0 Å². The molecule has 0 radical (unpaired) electrons. The number of imidazole rings is 1. The monoisotopic (exact) mass is 417 g/mol. The normalized spacial score (nSPS) is 11.7. The lowest BCUT2D eigenvalue weighted by atomic mass is 10.1. The Labute approximate surface area is 146 Å². The molecule has 2 heterocycles. The highest BCUT2D eigenvalue weighted by atomic mass is 79.9. The van der Waals surface area contributed by atoms with Crippen molar-refractivity contribution in [3.05, 3.63) is 52.5 Å². The first-order valence-corrected chi connectivity index (χ1v) is 7.49. The van der Waals surface area contributed by atoms with Crippen LogP contribution in [-0.4, -0.2) is 21.7 Å². The average Bonchev–Trinajstić information content (AvgIpc) is 2.89. The Morgan fingerprint density at radius 2 is 1.96 bits per heavy atom. The predicted molar refractivity (Wildman–Crippen MR) is 83.5 cm³/mol. The minimum atomic E-state index is -5.09. The van der Waals surface area contributed by atoms with E-state index in [2.05, 4.69) is 25.7 Å². The van der Waals surface area contributed by atoms with Crippen molar-refractivity contribution >= 4 is 27.5 Å². The summed E-state index contributed by atoms with van der Waals surface area (Å²) in [6, 6.07) is 6.84. The second kappa shape index (κ2) is 6.03. The van der Waals surface area contributed by atoms with E-state index in [1.165, 1.54) is 16.7 Å². The van der Waals surface area contributed by atoms with Crippen molar-refractivity contribution in [2.45, 2.75) is 6.36 Å². The van der Waals surface area contributed by atoms with Gasteiger partial charge in [0.1, 0.15) is 17.0 Å². The van der Waals surface area contributed by atoms with Gasteiger partial charge in [-0.25, -0.2) is 9.37 Å². The van der Waals surface area contributed by atoms with Gasteiger partial charge in [0.05, 0.1) is 4.47 Å². The molecule has 0 unspecified atom stereocenters. The molecule has 0 bridgehead atoms. The van der Waals surface area contributed by atoms with Crippen LogP contribution in [0.2, 0.25) is 0 Å². The number of amides is 1. The topological polar surface area (TPSA) is 69.6 Å². The van der Waals surface area contributed by atoms with Crippen LogP contribution >= 0.6 is 15.9 Å². The second-order valence-corrected chi connectivity index (χ2v) is 5.68. The van der Waals surface area contributed by atoms with Crippen molar-refractivity contribution in [1.29, 1.82) is 0 Å². The molecule has 130 valence electrons. The van der Waals surface area contributed by atoms with E-state index < -0.39 is 23.8 Å². The number of hydrogen-bond donors (Lipinski definition) is 1. The van der Waals surface area contributed by atoms with E-state index >= 15 is 0 Å². The van der Waals surface area contributed by atoms with E-state index in [0.29, 0.717) is 5.65 Å². The number of carbonyl (C=O) groups excluding carboxylic acids is 1. The maximum atomic E-state index is 13.8. The highest BCUT2D eigenvalue weighted by Crippen LogP contribution is 2.40. The summed E-state index contributed by atoms with van der Waals surface area (Å²) >= 11 is 2.90. The summed E-state index contributed by atoms with van der Waals surface area (Å²) < 4.78 is 56.1. The van der Waals surface area contributed by atoms with Crippen LogP contribution in [-0.2, 0) is 0 Å². The van der Waals surface area contributed by atoms with Crippen LogP contribution in [0, 0.1) is 5.82 Å². The fourth-order valence-electron chi connectivity index (χ4n) is 2.34. The maximum Gasteiger partial charge on any atom is 0.573 e. The number of halogens is 5. The standard InChI is InChI=1S/C15H8BrF4N3O2/c16-10-7(4-5-8(17)13(10)25-15(18,19)20)11-12(14(21)24)23-6-2-1-3-9(23)22-11/h1-6H,(H2,21,24). The summed E-state index contributed by atoms with van der Waals surface area (Å²) in [6.45, 7) is 0. The van der Waals surface area contributed by atoms with Crippen molar-refractivity contribution in [3.63, 3.8) is 0 Å². The second-order valence-electron chi connectivity index (χ2n) is 4.89. The fourth-order valence-corrected chi connectivity index (χ4v) is 2.93. The third-order valence-electron chi connectivity index (χ3n) is 3.29. The van der Waals surface area contributed by atoms with E-state index in [1.807, 2.05) is 0 Å². The SMILES string of the molecule is NC(=O)c1c(-c2ccc(F)c(OC(F)(F)F)c2Br)nc2ccccn12. The third kappa shape index (κ3) is 3.16. The third-order valence-corrected chi connectivity index (χ3v) is 4.07. The Bertz CT molecular complexity index is 985. The molecule has 0 saturated heterocycles. The van der Waals surface area contributed by atoms with Crippen molar-refractivity contribution in [2.24, 2.45) is 5.73 Å². The Balaban J connectivity index is 2.27. The van der Waals surface area contributed by atoms with E-state index in [1.54, 1.807) is 18.2 Å². The van der Waals surface area contributed by atoms with E-state index in [0.717, 1.165) is 6.07 Å². The number of aromatic nitrogens is 2. The van der Waals surface area contributed by atoms with Gasteiger partial charge in [-0.3, -0.25) is 9.20 Å². The number of pyridine rings is 1.